The van der Waals surface area contributed by atoms with Gasteiger partial charge in [0.2, 0.25) is 0 Å². The van der Waals surface area contributed by atoms with Gasteiger partial charge in [-0.2, -0.15) is 0 Å². The number of hydrogen-bond donors (Lipinski definition) is 2. The van der Waals surface area contributed by atoms with Crippen molar-refractivity contribution in [2.45, 2.75) is 19.8 Å². The summed E-state index contributed by atoms with van der Waals surface area (Å²) in [6.45, 7) is 3.40. The standard InChI is InChI=1S/C17H24N2O4/c1-12-9-14(16(20)21)11-19(10-12)17(22)18-8-7-13-3-5-15(23-2)6-4-13/h3-6,12,14H,7-11H2,1-2H3,(H,18,22)(H,20,21). The number of amides is 2. The van der Waals surface area contributed by atoms with Gasteiger partial charge in [-0.3, -0.25) is 4.79 Å². The highest BCUT2D eigenvalue weighted by molar-refractivity contribution is 5.76. The number of nitrogens with one attached hydrogen (secondary N) is 1. The van der Waals surface area contributed by atoms with Crippen molar-refractivity contribution in [1.29, 1.82) is 0 Å². The number of methoxy groups -OCH3 is 1. The van der Waals surface area contributed by atoms with Crippen molar-refractivity contribution >= 4 is 12.0 Å². The van der Waals surface area contributed by atoms with E-state index in [0.29, 0.717) is 19.5 Å². The number of nitrogens with zero attached hydrogens (tertiary/aromatic N) is 1. The molecule has 0 aromatic heterocycles. The second kappa shape index (κ2) is 7.85. The van der Waals surface area contributed by atoms with Gasteiger partial charge in [-0.1, -0.05) is 19.1 Å². The summed E-state index contributed by atoms with van der Waals surface area (Å²) >= 11 is 0. The third kappa shape index (κ3) is 4.87. The Bertz CT molecular complexity index is 544. The van der Waals surface area contributed by atoms with Crippen molar-refractivity contribution < 1.29 is 19.4 Å². The number of urea groups is 1. The van der Waals surface area contributed by atoms with E-state index in [-0.39, 0.29) is 18.5 Å². The first-order valence-corrected chi connectivity index (χ1v) is 7.88. The lowest BCUT2D eigenvalue weighted by molar-refractivity contribution is -0.143. The van der Waals surface area contributed by atoms with Crippen LogP contribution in [-0.2, 0) is 11.2 Å². The van der Waals surface area contributed by atoms with Gasteiger partial charge >= 0.3 is 12.0 Å². The van der Waals surface area contributed by atoms with E-state index in [1.54, 1.807) is 12.0 Å². The number of hydrogen-bond acceptors (Lipinski definition) is 3. The molecule has 0 bridgehead atoms. The minimum absolute atomic E-state index is 0.184. The molecule has 1 aliphatic rings. The Morgan fingerprint density at radius 3 is 2.61 bits per heavy atom. The van der Waals surface area contributed by atoms with E-state index in [2.05, 4.69) is 5.32 Å². The maximum atomic E-state index is 12.2. The molecule has 1 aromatic rings. The van der Waals surface area contributed by atoms with Crippen molar-refractivity contribution in [3.05, 3.63) is 29.8 Å². The average molecular weight is 320 g/mol. The fraction of sp³-hybridized carbons (Fsp3) is 0.529. The number of carboxylic acids is 1. The van der Waals surface area contributed by atoms with Gasteiger partial charge in [0.1, 0.15) is 5.75 Å². The van der Waals surface area contributed by atoms with Crippen LogP contribution < -0.4 is 10.1 Å². The lowest BCUT2D eigenvalue weighted by atomic mass is 9.91. The number of ether oxygens (including phenoxy) is 1. The van der Waals surface area contributed by atoms with Crippen LogP contribution in [0.15, 0.2) is 24.3 Å². The Balaban J connectivity index is 1.80. The highest BCUT2D eigenvalue weighted by Gasteiger charge is 2.31. The lowest BCUT2D eigenvalue weighted by Gasteiger charge is -2.34. The van der Waals surface area contributed by atoms with Crippen LogP contribution in [0.2, 0.25) is 0 Å². The second-order valence-electron chi connectivity index (χ2n) is 6.11. The zero-order chi connectivity index (χ0) is 16.8. The minimum atomic E-state index is -0.826. The zero-order valence-corrected chi connectivity index (χ0v) is 13.6. The van der Waals surface area contributed by atoms with E-state index < -0.39 is 11.9 Å². The fourth-order valence-electron chi connectivity index (χ4n) is 2.91. The lowest BCUT2D eigenvalue weighted by Crippen LogP contribution is -2.49. The molecule has 1 aromatic carbocycles. The first-order chi connectivity index (χ1) is 11.0. The van der Waals surface area contributed by atoms with Gasteiger partial charge in [0.25, 0.3) is 0 Å². The predicted molar refractivity (Wildman–Crippen MR) is 86.6 cm³/mol. The number of carbonyl (C=O) groups is 2. The molecule has 6 heteroatoms. The van der Waals surface area contributed by atoms with Gasteiger partial charge in [-0.25, -0.2) is 4.79 Å². The van der Waals surface area contributed by atoms with Crippen LogP contribution in [0.5, 0.6) is 5.75 Å². The van der Waals surface area contributed by atoms with Gasteiger partial charge < -0.3 is 20.1 Å². The molecule has 2 N–H and O–H groups in total. The molecule has 1 aliphatic heterocycles. The SMILES string of the molecule is COc1ccc(CCNC(=O)N2CC(C)CC(C(=O)O)C2)cc1. The zero-order valence-electron chi connectivity index (χ0n) is 13.6. The summed E-state index contributed by atoms with van der Waals surface area (Å²) in [5, 5.41) is 12.0. The van der Waals surface area contributed by atoms with Crippen LogP contribution in [0.1, 0.15) is 18.9 Å². The number of carboxylic acid groups (broad SMARTS) is 1. The largest absolute Gasteiger partial charge is 0.497 e. The molecule has 1 fully saturated rings. The van der Waals surface area contributed by atoms with Gasteiger partial charge in [-0.15, -0.1) is 0 Å². The summed E-state index contributed by atoms with van der Waals surface area (Å²) in [6.07, 6.45) is 1.35. The Labute approximate surface area is 136 Å². The molecule has 2 rings (SSSR count). The van der Waals surface area contributed by atoms with Gasteiger partial charge in [0.15, 0.2) is 0 Å². The molecular formula is C17H24N2O4. The Morgan fingerprint density at radius 2 is 2.00 bits per heavy atom. The molecule has 126 valence electrons. The minimum Gasteiger partial charge on any atom is -0.497 e. The quantitative estimate of drug-likeness (QED) is 0.869. The summed E-state index contributed by atoms with van der Waals surface area (Å²) in [5.74, 6) is -0.282. The van der Waals surface area contributed by atoms with Crippen LogP contribution in [0.3, 0.4) is 0 Å². The highest BCUT2D eigenvalue weighted by Crippen LogP contribution is 2.21. The van der Waals surface area contributed by atoms with Crippen molar-refractivity contribution in [2.75, 3.05) is 26.7 Å². The predicted octanol–water partition coefficient (Wildman–Crippen LogP) is 1.99. The molecule has 0 radical (unpaired) electrons. The maximum Gasteiger partial charge on any atom is 0.317 e. The van der Waals surface area contributed by atoms with Gasteiger partial charge in [0, 0.05) is 19.6 Å². The van der Waals surface area contributed by atoms with Crippen molar-refractivity contribution in [2.24, 2.45) is 11.8 Å². The second-order valence-corrected chi connectivity index (χ2v) is 6.11. The normalized spacial score (nSPS) is 20.9. The Kier molecular flexibility index (Phi) is 5.84. The first-order valence-electron chi connectivity index (χ1n) is 7.88. The van der Waals surface area contributed by atoms with Gasteiger partial charge in [0.05, 0.1) is 13.0 Å². The smallest absolute Gasteiger partial charge is 0.317 e. The molecule has 1 heterocycles. The molecule has 0 aliphatic carbocycles. The summed E-state index contributed by atoms with van der Waals surface area (Å²) in [4.78, 5) is 25.0. The summed E-state index contributed by atoms with van der Waals surface area (Å²) < 4.78 is 5.11. The third-order valence-corrected chi connectivity index (χ3v) is 4.15. The number of carbonyl (C=O) groups excluding carboxylic acids is 1. The van der Waals surface area contributed by atoms with E-state index in [9.17, 15) is 9.59 Å². The van der Waals surface area contributed by atoms with E-state index in [1.165, 1.54) is 0 Å². The van der Waals surface area contributed by atoms with Crippen LogP contribution >= 0.6 is 0 Å². The molecule has 2 amide bonds. The highest BCUT2D eigenvalue weighted by atomic mass is 16.5. The van der Waals surface area contributed by atoms with Crippen LogP contribution in [0, 0.1) is 11.8 Å². The molecular weight excluding hydrogens is 296 g/mol. The Hall–Kier alpha value is -2.24. The van der Waals surface area contributed by atoms with Crippen molar-refractivity contribution in [3.8, 4) is 5.75 Å². The number of rotatable bonds is 5. The molecule has 0 saturated carbocycles. The average Bonchev–Trinajstić information content (AvgIpc) is 2.54. The van der Waals surface area contributed by atoms with Gasteiger partial charge in [-0.05, 0) is 36.5 Å². The van der Waals surface area contributed by atoms with Crippen molar-refractivity contribution in [1.82, 2.24) is 10.2 Å². The number of aliphatic carboxylic acids is 1. The van der Waals surface area contributed by atoms with Crippen LogP contribution in [-0.4, -0.2) is 48.8 Å². The van der Waals surface area contributed by atoms with E-state index in [1.807, 2.05) is 31.2 Å². The van der Waals surface area contributed by atoms with Crippen LogP contribution in [0.4, 0.5) is 4.79 Å². The molecule has 23 heavy (non-hydrogen) atoms. The molecule has 0 spiro atoms. The Morgan fingerprint density at radius 1 is 1.30 bits per heavy atom. The summed E-state index contributed by atoms with van der Waals surface area (Å²) in [5.41, 5.74) is 1.11. The maximum absolute atomic E-state index is 12.2. The monoisotopic (exact) mass is 320 g/mol. The summed E-state index contributed by atoms with van der Waals surface area (Å²) in [6, 6.07) is 7.53. The molecule has 6 nitrogen and oxygen atoms in total. The summed E-state index contributed by atoms with van der Waals surface area (Å²) in [7, 11) is 1.62. The molecule has 2 atom stereocenters. The topological polar surface area (TPSA) is 78.9 Å². The fourth-order valence-corrected chi connectivity index (χ4v) is 2.91. The molecule has 2 unspecified atom stereocenters. The van der Waals surface area contributed by atoms with Crippen LogP contribution in [0.25, 0.3) is 0 Å². The van der Waals surface area contributed by atoms with E-state index in [4.69, 9.17) is 9.84 Å². The number of piperidine rings is 1. The van der Waals surface area contributed by atoms with Crippen molar-refractivity contribution in [3.63, 3.8) is 0 Å². The number of likely N-dealkylation sites (tertiary alicyclic amines) is 1. The molecule has 1 saturated heterocycles. The van der Waals surface area contributed by atoms with E-state index in [0.717, 1.165) is 17.7 Å². The third-order valence-electron chi connectivity index (χ3n) is 4.15. The van der Waals surface area contributed by atoms with E-state index >= 15 is 0 Å². The number of benzene rings is 1. The first kappa shape index (κ1) is 17.1.